The van der Waals surface area contributed by atoms with Gasteiger partial charge in [0.15, 0.2) is 0 Å². The van der Waals surface area contributed by atoms with Crippen LogP contribution in [-0.4, -0.2) is 10.9 Å². The number of hydrogen-bond donors (Lipinski definition) is 2. The van der Waals surface area contributed by atoms with E-state index < -0.39 is 0 Å². The van der Waals surface area contributed by atoms with Crippen LogP contribution in [0.1, 0.15) is 41.9 Å². The summed E-state index contributed by atoms with van der Waals surface area (Å²) in [6, 6.07) is 10.8. The summed E-state index contributed by atoms with van der Waals surface area (Å²) in [5.74, 6) is -0.373. The number of aromatic nitrogens is 1. The second-order valence-electron chi connectivity index (χ2n) is 4.94. The number of anilines is 1. The monoisotopic (exact) mass is 284 g/mol. The van der Waals surface area contributed by atoms with Crippen LogP contribution in [-0.2, 0) is 12.8 Å². The van der Waals surface area contributed by atoms with Crippen molar-refractivity contribution in [2.75, 3.05) is 5.32 Å². The highest BCUT2D eigenvalue weighted by Crippen LogP contribution is 2.12. The number of rotatable bonds is 5. The molecule has 1 heterocycles. The summed E-state index contributed by atoms with van der Waals surface area (Å²) in [7, 11) is 0. The number of pyridine rings is 1. The molecule has 0 atom stereocenters. The molecule has 0 unspecified atom stereocenters. The summed E-state index contributed by atoms with van der Waals surface area (Å²) >= 11 is 0. The van der Waals surface area contributed by atoms with Crippen molar-refractivity contribution in [3.8, 4) is 0 Å². The number of benzene rings is 1. The fraction of sp³-hybridized carbons (Fsp3) is 0.294. The van der Waals surface area contributed by atoms with Crippen molar-refractivity contribution in [1.82, 2.24) is 4.98 Å². The van der Waals surface area contributed by atoms with E-state index in [2.05, 4.69) is 17.2 Å². The fourth-order valence-electron chi connectivity index (χ4n) is 2.31. The second kappa shape index (κ2) is 6.88. The first kappa shape index (κ1) is 15.0. The molecule has 0 fully saturated rings. The molecule has 4 nitrogen and oxygen atoms in total. The van der Waals surface area contributed by atoms with Crippen LogP contribution in [0.25, 0.3) is 0 Å². The standard InChI is InChI=1S/C17H20N2O2/c1-3-8-12-11-14(17(21)19-15(12)4-2)16(20)18-13-9-6-5-7-10-13/h5-7,9-11H,3-4,8H2,1-2H3,(H,18,20)(H,19,21). The number of hydrogen-bond acceptors (Lipinski definition) is 2. The van der Waals surface area contributed by atoms with Gasteiger partial charge in [-0.05, 0) is 36.6 Å². The zero-order valence-corrected chi connectivity index (χ0v) is 12.4. The van der Waals surface area contributed by atoms with Gasteiger partial charge in [0.05, 0.1) is 0 Å². The second-order valence-corrected chi connectivity index (χ2v) is 4.94. The van der Waals surface area contributed by atoms with Gasteiger partial charge in [-0.25, -0.2) is 0 Å². The molecule has 1 amide bonds. The SMILES string of the molecule is CCCc1cc(C(=O)Nc2ccccc2)c(=O)[nH]c1CC. The number of nitrogens with one attached hydrogen (secondary N) is 2. The molecule has 2 rings (SSSR count). The van der Waals surface area contributed by atoms with Gasteiger partial charge in [0, 0.05) is 11.4 Å². The lowest BCUT2D eigenvalue weighted by molar-refractivity contribution is 0.102. The lowest BCUT2D eigenvalue weighted by Gasteiger charge is -2.10. The molecule has 0 aliphatic carbocycles. The molecule has 1 aromatic heterocycles. The summed E-state index contributed by atoms with van der Waals surface area (Å²) in [5.41, 5.74) is 2.47. The van der Waals surface area contributed by atoms with Crippen LogP contribution >= 0.6 is 0 Å². The lowest BCUT2D eigenvalue weighted by atomic mass is 10.0. The Balaban J connectivity index is 2.32. The van der Waals surface area contributed by atoms with Gasteiger partial charge < -0.3 is 10.3 Å². The van der Waals surface area contributed by atoms with E-state index >= 15 is 0 Å². The van der Waals surface area contributed by atoms with E-state index in [1.807, 2.05) is 25.1 Å². The number of carbonyl (C=O) groups excluding carboxylic acids is 1. The molecule has 1 aromatic carbocycles. The van der Waals surface area contributed by atoms with Crippen LogP contribution in [0.15, 0.2) is 41.2 Å². The minimum absolute atomic E-state index is 0.166. The summed E-state index contributed by atoms with van der Waals surface area (Å²) in [4.78, 5) is 27.2. The summed E-state index contributed by atoms with van der Waals surface area (Å²) in [6.45, 7) is 4.07. The highest BCUT2D eigenvalue weighted by atomic mass is 16.2. The highest BCUT2D eigenvalue weighted by molar-refractivity contribution is 6.04. The average molecular weight is 284 g/mol. The van der Waals surface area contributed by atoms with Gasteiger partial charge in [-0.15, -0.1) is 0 Å². The summed E-state index contributed by atoms with van der Waals surface area (Å²) < 4.78 is 0. The van der Waals surface area contributed by atoms with Gasteiger partial charge in [-0.1, -0.05) is 38.5 Å². The Hall–Kier alpha value is -2.36. The van der Waals surface area contributed by atoms with Crippen LogP contribution in [0.2, 0.25) is 0 Å². The van der Waals surface area contributed by atoms with Crippen LogP contribution in [0.5, 0.6) is 0 Å². The predicted molar refractivity (Wildman–Crippen MR) is 84.8 cm³/mol. The Morgan fingerprint density at radius 1 is 1.19 bits per heavy atom. The molecule has 0 saturated heterocycles. The normalized spacial score (nSPS) is 10.4. The van der Waals surface area contributed by atoms with Crippen molar-refractivity contribution in [3.05, 3.63) is 63.6 Å². The summed E-state index contributed by atoms with van der Waals surface area (Å²) in [5, 5.41) is 2.75. The molecule has 0 spiro atoms. The topological polar surface area (TPSA) is 62.0 Å². The van der Waals surface area contributed by atoms with Gasteiger partial charge in [0.25, 0.3) is 11.5 Å². The number of carbonyl (C=O) groups is 1. The Labute approximate surface area is 124 Å². The molecule has 0 aliphatic rings. The zero-order valence-electron chi connectivity index (χ0n) is 12.4. The van der Waals surface area contributed by atoms with Crippen molar-refractivity contribution in [1.29, 1.82) is 0 Å². The van der Waals surface area contributed by atoms with E-state index in [-0.39, 0.29) is 17.0 Å². The number of H-pyrrole nitrogens is 1. The molecule has 4 heteroatoms. The van der Waals surface area contributed by atoms with Crippen molar-refractivity contribution < 1.29 is 4.79 Å². The molecule has 2 aromatic rings. The maximum atomic E-state index is 12.3. The maximum absolute atomic E-state index is 12.3. The Morgan fingerprint density at radius 2 is 1.90 bits per heavy atom. The maximum Gasteiger partial charge on any atom is 0.261 e. The van der Waals surface area contributed by atoms with E-state index in [0.29, 0.717) is 5.69 Å². The smallest absolute Gasteiger partial charge is 0.261 e. The van der Waals surface area contributed by atoms with E-state index in [4.69, 9.17) is 0 Å². The van der Waals surface area contributed by atoms with Crippen molar-refractivity contribution in [2.24, 2.45) is 0 Å². The minimum Gasteiger partial charge on any atom is -0.325 e. The third kappa shape index (κ3) is 3.60. The molecule has 110 valence electrons. The summed E-state index contributed by atoms with van der Waals surface area (Å²) in [6.07, 6.45) is 2.58. The molecular formula is C17H20N2O2. The van der Waals surface area contributed by atoms with E-state index in [1.165, 1.54) is 0 Å². The van der Waals surface area contributed by atoms with E-state index in [1.54, 1.807) is 18.2 Å². The average Bonchev–Trinajstić information content (AvgIpc) is 2.49. The van der Waals surface area contributed by atoms with Crippen LogP contribution in [0.3, 0.4) is 0 Å². The third-order valence-corrected chi connectivity index (χ3v) is 3.36. The Morgan fingerprint density at radius 3 is 2.52 bits per heavy atom. The fourth-order valence-corrected chi connectivity index (χ4v) is 2.31. The molecule has 0 saturated carbocycles. The Kier molecular flexibility index (Phi) is 4.93. The first-order valence-electron chi connectivity index (χ1n) is 7.27. The zero-order chi connectivity index (χ0) is 15.2. The number of para-hydroxylation sites is 1. The predicted octanol–water partition coefficient (Wildman–Crippen LogP) is 3.14. The van der Waals surface area contributed by atoms with Crippen LogP contribution < -0.4 is 10.9 Å². The van der Waals surface area contributed by atoms with Gasteiger partial charge in [-0.2, -0.15) is 0 Å². The molecule has 21 heavy (non-hydrogen) atoms. The number of amides is 1. The molecule has 2 N–H and O–H groups in total. The number of aryl methyl sites for hydroxylation is 2. The molecule has 0 bridgehead atoms. The first-order valence-corrected chi connectivity index (χ1v) is 7.27. The number of aromatic amines is 1. The first-order chi connectivity index (χ1) is 10.2. The van der Waals surface area contributed by atoms with Crippen molar-refractivity contribution in [2.45, 2.75) is 33.1 Å². The third-order valence-electron chi connectivity index (χ3n) is 3.36. The molecule has 0 aliphatic heterocycles. The highest BCUT2D eigenvalue weighted by Gasteiger charge is 2.14. The van der Waals surface area contributed by atoms with Gasteiger partial charge in [-0.3, -0.25) is 9.59 Å². The van der Waals surface area contributed by atoms with Crippen molar-refractivity contribution in [3.63, 3.8) is 0 Å². The van der Waals surface area contributed by atoms with Crippen LogP contribution in [0.4, 0.5) is 5.69 Å². The Bertz CT molecular complexity index is 675. The van der Waals surface area contributed by atoms with Gasteiger partial charge in [0.1, 0.15) is 5.56 Å². The van der Waals surface area contributed by atoms with Gasteiger partial charge in [0.2, 0.25) is 0 Å². The minimum atomic E-state index is -0.373. The van der Waals surface area contributed by atoms with E-state index in [0.717, 1.165) is 30.5 Å². The molecule has 0 radical (unpaired) electrons. The quantitative estimate of drug-likeness (QED) is 0.886. The lowest BCUT2D eigenvalue weighted by Crippen LogP contribution is -2.25. The largest absolute Gasteiger partial charge is 0.325 e. The van der Waals surface area contributed by atoms with Gasteiger partial charge >= 0.3 is 0 Å². The molecular weight excluding hydrogens is 264 g/mol. The van der Waals surface area contributed by atoms with Crippen LogP contribution in [0, 0.1) is 0 Å². The van der Waals surface area contributed by atoms with E-state index in [9.17, 15) is 9.59 Å². The van der Waals surface area contributed by atoms with Crippen molar-refractivity contribution >= 4 is 11.6 Å².